The van der Waals surface area contributed by atoms with Crippen LogP contribution < -0.4 is 27.8 Å². The number of carbonyl (C=O) groups is 3. The number of aldehydes is 1. The number of halogens is 1. The fourth-order valence-electron chi connectivity index (χ4n) is 9.51. The molecule has 102 heavy (non-hydrogen) atoms. The summed E-state index contributed by atoms with van der Waals surface area (Å²) in [7, 11) is 0. The Hall–Kier alpha value is -14.2. The number of nitro benzene ring substituents is 2. The van der Waals surface area contributed by atoms with Crippen LogP contribution in [0.2, 0.25) is 5.15 Å². The number of benzene rings is 3. The summed E-state index contributed by atoms with van der Waals surface area (Å²) >= 11 is 5.32. The molecule has 2 amide bonds. The molecule has 0 unspecified atom stereocenters. The van der Waals surface area contributed by atoms with Crippen molar-refractivity contribution in [3.63, 3.8) is 0 Å². The molecule has 0 radical (unpaired) electrons. The Kier molecular flexibility index (Phi) is 26.0. The number of nitrogens with one attached hydrogen (secondary N) is 4. The van der Waals surface area contributed by atoms with Gasteiger partial charge in [-0.15, -0.1) is 0 Å². The zero-order chi connectivity index (χ0) is 74.3. The lowest BCUT2D eigenvalue weighted by atomic mass is 9.88. The number of nitrogens with two attached hydrogens (primary N) is 3. The second-order valence-corrected chi connectivity index (χ2v) is 22.0. The number of non-ortho nitro benzene ring substituents is 2. The van der Waals surface area contributed by atoms with Gasteiger partial charge >= 0.3 is 11.4 Å². The normalized spacial score (nSPS) is 12.4. The van der Waals surface area contributed by atoms with Crippen LogP contribution in [0.25, 0.3) is 45.1 Å². The number of nitro groups is 8. The Morgan fingerprint density at radius 1 is 0.431 bits per heavy atom. The van der Waals surface area contributed by atoms with E-state index < -0.39 is 62.1 Å². The molecule has 7 heterocycles. The van der Waals surface area contributed by atoms with Gasteiger partial charge < -0.3 is 37.8 Å². The van der Waals surface area contributed by atoms with E-state index in [1.54, 1.807) is 18.3 Å². The number of hydrogen-bond donors (Lipinski definition) is 7. The average molecular weight is 1420 g/mol. The maximum Gasteiger partial charge on any atom is 0.318 e. The van der Waals surface area contributed by atoms with Crippen LogP contribution in [0.15, 0.2) is 134 Å². The number of fused-ring (bicyclic) bond motifs is 2. The number of anilines is 5. The molecular formula is C60H55ClN22O19. The van der Waals surface area contributed by atoms with Crippen molar-refractivity contribution in [2.75, 3.05) is 27.8 Å². The van der Waals surface area contributed by atoms with Crippen molar-refractivity contribution >= 4 is 126 Å². The minimum absolute atomic E-state index is 0.00407. The molecule has 2 fully saturated rings. The van der Waals surface area contributed by atoms with Gasteiger partial charge in [-0.2, -0.15) is 0 Å². The van der Waals surface area contributed by atoms with Gasteiger partial charge in [0.25, 0.3) is 34.1 Å². The maximum absolute atomic E-state index is 12.5. The molecule has 12 rings (SSSR count). The number of hydrogen-bond acceptors (Lipinski definition) is 29. The number of amides is 2. The predicted molar refractivity (Wildman–Crippen MR) is 365 cm³/mol. The highest BCUT2D eigenvalue weighted by Crippen LogP contribution is 2.31. The number of rotatable bonds is 15. The topological polar surface area (TPSA) is 620 Å². The van der Waals surface area contributed by atoms with Crippen molar-refractivity contribution in [1.29, 1.82) is 0 Å². The summed E-state index contributed by atoms with van der Waals surface area (Å²) in [6.07, 6.45) is 17.1. The van der Waals surface area contributed by atoms with Crippen molar-refractivity contribution in [3.05, 3.63) is 226 Å². The monoisotopic (exact) mass is 1420 g/mol. The molecule has 0 aliphatic heterocycles. The third-order valence-corrected chi connectivity index (χ3v) is 15.0. The second kappa shape index (κ2) is 35.2. The van der Waals surface area contributed by atoms with Gasteiger partial charge in [0.05, 0.1) is 80.1 Å². The van der Waals surface area contributed by atoms with E-state index in [4.69, 9.17) is 28.8 Å². The number of aromatic amines is 2. The lowest BCUT2D eigenvalue weighted by Gasteiger charge is -2.20. The molecule has 0 bridgehead atoms. The molecule has 0 spiro atoms. The zero-order valence-corrected chi connectivity index (χ0v) is 53.3. The average Bonchev–Trinajstić information content (AvgIpc) is 1.66. The smallest absolute Gasteiger partial charge is 0.318 e. The van der Waals surface area contributed by atoms with Gasteiger partial charge in [0, 0.05) is 70.6 Å². The van der Waals surface area contributed by atoms with Gasteiger partial charge in [0.1, 0.15) is 48.5 Å². The third kappa shape index (κ3) is 21.2. The van der Waals surface area contributed by atoms with Crippen LogP contribution in [-0.4, -0.2) is 102 Å². The van der Waals surface area contributed by atoms with E-state index in [9.17, 15) is 95.3 Å². The van der Waals surface area contributed by atoms with Crippen LogP contribution in [0.3, 0.4) is 0 Å². The van der Waals surface area contributed by atoms with E-state index >= 15 is 0 Å². The van der Waals surface area contributed by atoms with Crippen molar-refractivity contribution in [1.82, 2.24) is 44.9 Å². The van der Waals surface area contributed by atoms with Crippen molar-refractivity contribution in [2.45, 2.75) is 64.2 Å². The second-order valence-electron chi connectivity index (χ2n) is 21.6. The van der Waals surface area contributed by atoms with Crippen LogP contribution >= 0.6 is 11.6 Å². The number of pyridine rings is 5. The minimum Gasteiger partial charge on any atom is -0.396 e. The van der Waals surface area contributed by atoms with Gasteiger partial charge in [0.15, 0.2) is 11.3 Å². The molecule has 0 atom stereocenters. The van der Waals surface area contributed by atoms with Crippen molar-refractivity contribution in [3.8, 4) is 22.8 Å². The van der Waals surface area contributed by atoms with Gasteiger partial charge in [0.2, 0.25) is 22.8 Å². The molecule has 3 aromatic carbocycles. The molecule has 41 nitrogen and oxygen atoms in total. The third-order valence-electron chi connectivity index (χ3n) is 14.8. The van der Waals surface area contributed by atoms with E-state index in [1.807, 2.05) is 30.3 Å². The lowest BCUT2D eigenvalue weighted by Crippen LogP contribution is -2.24. The molecule has 526 valence electrons. The Balaban J connectivity index is 0.000000183. The van der Waals surface area contributed by atoms with Gasteiger partial charge in [-0.1, -0.05) is 50.1 Å². The summed E-state index contributed by atoms with van der Waals surface area (Å²) in [6, 6.07) is 24.8. The summed E-state index contributed by atoms with van der Waals surface area (Å²) in [5.41, 5.74) is 19.0. The number of imidazole rings is 2. The largest absolute Gasteiger partial charge is 0.396 e. The molecule has 7 aromatic heterocycles. The zero-order valence-electron chi connectivity index (χ0n) is 52.6. The van der Waals surface area contributed by atoms with Crippen LogP contribution in [0.4, 0.5) is 74.2 Å². The maximum atomic E-state index is 12.5. The van der Waals surface area contributed by atoms with E-state index in [2.05, 4.69) is 55.5 Å². The van der Waals surface area contributed by atoms with E-state index in [1.165, 1.54) is 61.4 Å². The van der Waals surface area contributed by atoms with Crippen molar-refractivity contribution < 1.29 is 53.8 Å². The predicted octanol–water partition coefficient (Wildman–Crippen LogP) is 11.7. The molecular weight excluding hydrogens is 1370 g/mol. The summed E-state index contributed by atoms with van der Waals surface area (Å²) in [5.74, 6) is 1.36. The highest BCUT2D eigenvalue weighted by molar-refractivity contribution is 6.31. The Labute approximate surface area is 575 Å². The molecule has 2 aliphatic carbocycles. The molecule has 42 heteroatoms. The Morgan fingerprint density at radius 3 is 1.26 bits per heavy atom. The first-order valence-corrected chi connectivity index (χ1v) is 30.1. The minimum atomic E-state index is -0.831. The molecule has 0 saturated heterocycles. The van der Waals surface area contributed by atoms with Crippen LogP contribution in [-0.2, 0) is 9.59 Å². The first-order chi connectivity index (χ1) is 48.6. The first-order valence-electron chi connectivity index (χ1n) is 29.8. The molecule has 2 saturated carbocycles. The van der Waals surface area contributed by atoms with E-state index in [0.717, 1.165) is 105 Å². The SMILES string of the molecule is Nc1cc([N+](=O)[O-])cnc1N.Nc1ncc([N+](=O)[O-])cc1[N+](=O)[O-].O=C(Nc1ccc(-c2nc3ncc(NC(=O)C4CCCCC4)cc3[nH]2)cc1)C1CCCCC1.O=Cc1ccc([N+](=O)[O-])cc1.O=[N+]([O-])c1ccc(-c2nc3ncc([N+](=O)[O-])cc3[nH]2)cc1.O=[N+]([O-])c1cnc(Cl)c([N+](=O)[O-])c1. The van der Waals surface area contributed by atoms with Gasteiger partial charge in [-0.3, -0.25) is 95.3 Å². The fourth-order valence-corrected chi connectivity index (χ4v) is 9.68. The summed E-state index contributed by atoms with van der Waals surface area (Å²) < 4.78 is 0. The number of carbonyl (C=O) groups excluding carboxylic acids is 3. The van der Waals surface area contributed by atoms with Gasteiger partial charge in [-0.05, 0) is 80.3 Å². The quantitative estimate of drug-likeness (QED) is 0.0217. The van der Waals surface area contributed by atoms with Crippen LogP contribution in [0, 0.1) is 92.8 Å². The van der Waals surface area contributed by atoms with Gasteiger partial charge in [-0.25, -0.2) is 34.9 Å². The molecule has 10 aromatic rings. The van der Waals surface area contributed by atoms with E-state index in [0.29, 0.717) is 51.6 Å². The Bertz CT molecular complexity index is 4710. The number of nitrogen functional groups attached to an aromatic ring is 3. The van der Waals surface area contributed by atoms with Crippen LogP contribution in [0.1, 0.15) is 74.6 Å². The molecule has 2 aliphatic rings. The number of H-pyrrole nitrogens is 2. The number of nitrogens with zero attached hydrogens (tertiary/aromatic N) is 15. The highest BCUT2D eigenvalue weighted by Gasteiger charge is 2.25. The van der Waals surface area contributed by atoms with E-state index in [-0.39, 0.29) is 68.9 Å². The Morgan fingerprint density at radius 2 is 0.814 bits per heavy atom. The fraction of sp³-hybridized carbons (Fsp3) is 0.200. The first kappa shape index (κ1) is 75.2. The summed E-state index contributed by atoms with van der Waals surface area (Å²) in [4.78, 5) is 146. The number of aromatic nitrogens is 9. The molecule has 10 N–H and O–H groups in total. The highest BCUT2D eigenvalue weighted by atomic mass is 35.5. The standard InChI is InChI=1S/C26H31N5O2.C12H7N5O4.C7H5NO3.C5H2ClN3O4.C5H4N4O4.C5H6N4O2/c32-25(18-7-3-1-4-8-18)28-20-13-11-17(12-14-20)23-30-22-15-21(16-27-24(22)31-23)29-26(33)19-9-5-2-6-10-19;18-16(19)8-3-1-7(2-4-8)11-14-10-5-9(17(20)21)6-13-12(10)15-11;9-5-6-1-3-7(4-2-6)8(10)11;2*6-5-4(9(12)13)1-3(2-7-5)8(10)11;6-4-1-3(9(10)11)2-8-5(4)7/h11-16,18-19H,1-10H2,(H,28,32)(H,29,33)(H,27,30,31);1-6H,(H,13,14,15);1-5H;1-2H;1-2H,(H2,6,7);1-2H,6H2,(H2,7,8). The van der Waals surface area contributed by atoms with Crippen LogP contribution in [0.5, 0.6) is 0 Å². The lowest BCUT2D eigenvalue weighted by molar-refractivity contribution is -0.394. The summed E-state index contributed by atoms with van der Waals surface area (Å²) in [6.45, 7) is 0. The van der Waals surface area contributed by atoms with Crippen molar-refractivity contribution in [2.24, 2.45) is 11.8 Å². The summed E-state index contributed by atoms with van der Waals surface area (Å²) in [5, 5.41) is 88.1.